The zero-order chi connectivity index (χ0) is 38.1. The van der Waals surface area contributed by atoms with Crippen molar-refractivity contribution in [3.05, 3.63) is 114 Å². The standard InChI is InChI=1S/C39H43N6O8P.Na/c1-3-19-43-25-35(46)44-33(20-26-13-17-30(18-14-26)53-54(50,51)52)38(48)42(24-34(44)45(43)39(49)40-21-27-9-6-5-7-10-27)22-29-11-8-12-31-32(37(47)28-15-16-28)23-41(4-2)36(29)31;/h3,5-14,17-18,23,28,33-34H,1,4,15-16,19-22,24-25H2,2H3,(H,40,49)(H2,50,51,52);/q;+1/p-1/t33-,34-;/m0./s1. The Balaban J connectivity index is 0.00000514. The van der Waals surface area contributed by atoms with Crippen LogP contribution < -0.4 is 44.3 Å². The van der Waals surface area contributed by atoms with E-state index in [9.17, 15) is 28.6 Å². The summed E-state index contributed by atoms with van der Waals surface area (Å²) in [6.07, 6.45) is 4.43. The van der Waals surface area contributed by atoms with E-state index in [1.165, 1.54) is 22.0 Å². The minimum atomic E-state index is -5.04. The minimum Gasteiger partial charge on any atom is -0.746 e. The van der Waals surface area contributed by atoms with Crippen molar-refractivity contribution in [1.82, 2.24) is 29.7 Å². The number of piperazine rings is 1. The first-order valence-electron chi connectivity index (χ1n) is 18.0. The van der Waals surface area contributed by atoms with Gasteiger partial charge in [0.2, 0.25) is 11.8 Å². The molecule has 4 amide bonds. The molecule has 2 saturated heterocycles. The second-order valence-corrected chi connectivity index (χ2v) is 14.9. The number of carbonyl (C=O) groups excluding carboxylic acids is 4. The van der Waals surface area contributed by atoms with Gasteiger partial charge in [-0.15, -0.1) is 6.58 Å². The van der Waals surface area contributed by atoms with E-state index >= 15 is 0 Å². The summed E-state index contributed by atoms with van der Waals surface area (Å²) in [6, 6.07) is 19.5. The van der Waals surface area contributed by atoms with Gasteiger partial charge in [0.15, 0.2) is 5.78 Å². The summed E-state index contributed by atoms with van der Waals surface area (Å²) in [7, 11) is -5.04. The molecule has 14 nitrogen and oxygen atoms in total. The van der Waals surface area contributed by atoms with Crippen LogP contribution in [0.2, 0.25) is 0 Å². The number of amides is 4. The molecule has 3 fully saturated rings. The van der Waals surface area contributed by atoms with E-state index in [2.05, 4.69) is 16.4 Å². The maximum atomic E-state index is 14.7. The number of benzene rings is 3. The Bertz CT molecular complexity index is 2140. The van der Waals surface area contributed by atoms with Crippen molar-refractivity contribution < 1.29 is 67.6 Å². The van der Waals surface area contributed by atoms with Crippen molar-refractivity contribution in [3.8, 4) is 5.75 Å². The van der Waals surface area contributed by atoms with Gasteiger partial charge in [-0.1, -0.05) is 66.7 Å². The second kappa shape index (κ2) is 16.8. The fourth-order valence-corrected chi connectivity index (χ4v) is 7.91. The summed E-state index contributed by atoms with van der Waals surface area (Å²) in [5.74, 6) is -0.624. The summed E-state index contributed by atoms with van der Waals surface area (Å²) >= 11 is 0. The summed E-state index contributed by atoms with van der Waals surface area (Å²) < 4.78 is 17.9. The summed E-state index contributed by atoms with van der Waals surface area (Å²) in [6.45, 7) is 6.88. The molecule has 55 heavy (non-hydrogen) atoms. The molecule has 0 radical (unpaired) electrons. The first-order valence-corrected chi connectivity index (χ1v) is 19.5. The average Bonchev–Trinajstić information content (AvgIpc) is 3.93. The molecule has 0 bridgehead atoms. The molecule has 1 unspecified atom stereocenters. The molecule has 7 rings (SSSR count). The van der Waals surface area contributed by atoms with Gasteiger partial charge in [0.1, 0.15) is 18.0 Å². The number of aromatic nitrogens is 1. The monoisotopic (exact) mass is 776 g/mol. The van der Waals surface area contributed by atoms with Crippen molar-refractivity contribution in [2.75, 3.05) is 19.6 Å². The third-order valence-electron chi connectivity index (χ3n) is 10.1. The van der Waals surface area contributed by atoms with Gasteiger partial charge in [0, 0.05) is 55.7 Å². The Morgan fingerprint density at radius 2 is 1.76 bits per heavy atom. The van der Waals surface area contributed by atoms with Gasteiger partial charge in [0.25, 0.3) is 0 Å². The van der Waals surface area contributed by atoms with Crippen LogP contribution in [-0.4, -0.2) is 84.7 Å². The normalized spacial score (nSPS) is 19.7. The summed E-state index contributed by atoms with van der Waals surface area (Å²) in [5.41, 5.74) is 3.83. The van der Waals surface area contributed by atoms with Crippen molar-refractivity contribution >= 4 is 42.4 Å². The van der Waals surface area contributed by atoms with Gasteiger partial charge in [0.05, 0.1) is 18.6 Å². The largest absolute Gasteiger partial charge is 1.00 e. The molecule has 2 aliphatic heterocycles. The van der Waals surface area contributed by atoms with E-state index in [1.807, 2.05) is 66.2 Å². The van der Waals surface area contributed by atoms with Crippen LogP contribution >= 0.6 is 7.82 Å². The third-order valence-corrected chi connectivity index (χ3v) is 10.6. The minimum absolute atomic E-state index is 0. The molecule has 4 aromatic rings. The van der Waals surface area contributed by atoms with Crippen LogP contribution in [0.1, 0.15) is 46.8 Å². The average molecular weight is 777 g/mol. The molecule has 1 aliphatic carbocycles. The van der Waals surface area contributed by atoms with Crippen LogP contribution in [-0.2, 0) is 40.2 Å². The number of aryl methyl sites for hydroxylation is 1. The van der Waals surface area contributed by atoms with Crippen molar-refractivity contribution in [1.29, 1.82) is 0 Å². The molecule has 1 saturated carbocycles. The van der Waals surface area contributed by atoms with Crippen LogP contribution in [0.15, 0.2) is 91.6 Å². The maximum absolute atomic E-state index is 14.7. The number of nitrogens with zero attached hydrogens (tertiary/aromatic N) is 5. The van der Waals surface area contributed by atoms with Crippen molar-refractivity contribution in [2.24, 2.45) is 5.92 Å². The fraction of sp³-hybridized carbons (Fsp3) is 0.333. The number of urea groups is 1. The summed E-state index contributed by atoms with van der Waals surface area (Å²) in [5, 5.41) is 6.95. The molecule has 3 atom stereocenters. The fourth-order valence-electron chi connectivity index (χ4n) is 7.52. The zero-order valence-corrected chi connectivity index (χ0v) is 33.8. The topological polar surface area (TPSA) is 168 Å². The zero-order valence-electron chi connectivity index (χ0n) is 30.9. The smallest absolute Gasteiger partial charge is 0.746 e. The van der Waals surface area contributed by atoms with Crippen molar-refractivity contribution in [2.45, 2.75) is 58.0 Å². The Morgan fingerprint density at radius 1 is 1.04 bits per heavy atom. The predicted molar refractivity (Wildman–Crippen MR) is 197 cm³/mol. The van der Waals surface area contributed by atoms with E-state index in [-0.39, 0.29) is 98.0 Å². The Kier molecular flexibility index (Phi) is 12.4. The van der Waals surface area contributed by atoms with Gasteiger partial charge in [-0.05, 0) is 48.6 Å². The number of hydrazine groups is 1. The van der Waals surface area contributed by atoms with Gasteiger partial charge in [-0.25, -0.2) is 14.8 Å². The number of hydrogen-bond donors (Lipinski definition) is 2. The predicted octanol–water partition coefficient (Wildman–Crippen LogP) is 0.834. The van der Waals surface area contributed by atoms with Gasteiger partial charge in [-0.2, -0.15) is 0 Å². The first kappa shape index (κ1) is 40.4. The van der Waals surface area contributed by atoms with Crippen LogP contribution in [0.4, 0.5) is 4.79 Å². The third kappa shape index (κ3) is 8.76. The van der Waals surface area contributed by atoms with Crippen LogP contribution in [0.3, 0.4) is 0 Å². The Hall–Kier alpha value is -4.27. The van der Waals surface area contributed by atoms with E-state index in [4.69, 9.17) is 4.89 Å². The quantitative estimate of drug-likeness (QED) is 0.0866. The first-order chi connectivity index (χ1) is 26.0. The number of phosphoric ester groups is 1. The Morgan fingerprint density at radius 3 is 2.42 bits per heavy atom. The molecule has 2 N–H and O–H groups in total. The number of hydrogen-bond acceptors (Lipinski definition) is 8. The molecule has 282 valence electrons. The number of carbonyl (C=O) groups is 4. The van der Waals surface area contributed by atoms with Crippen LogP contribution in [0, 0.1) is 5.92 Å². The molecule has 3 heterocycles. The molecule has 0 spiro atoms. The SMILES string of the molecule is C=CCN1CC(=O)N2[C@@H](Cc3ccc(OP(=O)([O-])O)cc3)C(=O)N(Cc3cccc4c(C(=O)C5CC5)cn(CC)c34)C[C@@H]2N1C(=O)NCc1ccccc1.[Na+]. The molecular formula is C39H42N6NaO8P. The molecule has 1 aromatic heterocycles. The van der Waals surface area contributed by atoms with Gasteiger partial charge in [-0.3, -0.25) is 18.9 Å². The van der Waals surface area contributed by atoms with Gasteiger partial charge >= 0.3 is 43.4 Å². The number of para-hydroxylation sites is 1. The van der Waals surface area contributed by atoms with Crippen molar-refractivity contribution in [3.63, 3.8) is 0 Å². The second-order valence-electron chi connectivity index (χ2n) is 13.8. The molecule has 3 aliphatic rings. The summed E-state index contributed by atoms with van der Waals surface area (Å²) in [4.78, 5) is 79.8. The number of Topliss-reactive ketones (excluding diaryl/α,β-unsaturated/α-hetero) is 1. The van der Waals surface area contributed by atoms with Crippen LogP contribution in [0.5, 0.6) is 5.75 Å². The number of ketones is 1. The van der Waals surface area contributed by atoms with E-state index in [0.29, 0.717) is 17.7 Å². The molecule has 16 heteroatoms. The Labute approximate surface area is 341 Å². The molecular weight excluding hydrogens is 734 g/mol. The number of nitrogens with one attached hydrogen (secondary N) is 1. The van der Waals surface area contributed by atoms with Crippen LogP contribution in [0.25, 0.3) is 10.9 Å². The number of phosphoric acid groups is 1. The number of fused-ring (bicyclic) bond motifs is 2. The van der Waals surface area contributed by atoms with Gasteiger partial charge < -0.3 is 34.0 Å². The van der Waals surface area contributed by atoms with E-state index < -0.39 is 26.1 Å². The molecule has 3 aromatic carbocycles. The van der Waals surface area contributed by atoms with E-state index in [1.54, 1.807) is 28.1 Å². The maximum Gasteiger partial charge on any atom is 1.00 e. The van der Waals surface area contributed by atoms with E-state index in [0.717, 1.165) is 34.9 Å². The number of rotatable bonds is 13.